The minimum absolute atomic E-state index is 0.0208. The van der Waals surface area contributed by atoms with Crippen LogP contribution in [0.4, 0.5) is 0 Å². The third-order valence-corrected chi connectivity index (χ3v) is 3.08. The van der Waals surface area contributed by atoms with Gasteiger partial charge in [-0.05, 0) is 30.5 Å². The first-order valence-corrected chi connectivity index (χ1v) is 6.46. The van der Waals surface area contributed by atoms with Gasteiger partial charge in [0.1, 0.15) is 6.29 Å². The number of benzene rings is 1. The van der Waals surface area contributed by atoms with Crippen LogP contribution in [0, 0.1) is 6.92 Å². The van der Waals surface area contributed by atoms with Crippen LogP contribution in [0.1, 0.15) is 47.3 Å². The molecular weight excluding hydrogens is 242 g/mol. The van der Waals surface area contributed by atoms with Crippen molar-refractivity contribution in [3.63, 3.8) is 0 Å². The van der Waals surface area contributed by atoms with Crippen molar-refractivity contribution in [2.45, 2.75) is 32.7 Å². The number of aryl methyl sites for hydroxylation is 1. The van der Waals surface area contributed by atoms with Crippen molar-refractivity contribution < 1.29 is 14.3 Å². The Balaban J connectivity index is 2.79. The lowest BCUT2D eigenvalue weighted by atomic mass is 9.97. The van der Waals surface area contributed by atoms with Gasteiger partial charge in [-0.1, -0.05) is 19.1 Å². The van der Waals surface area contributed by atoms with E-state index >= 15 is 0 Å². The van der Waals surface area contributed by atoms with Gasteiger partial charge in [0.05, 0.1) is 12.6 Å². The van der Waals surface area contributed by atoms with Crippen molar-refractivity contribution in [3.8, 4) is 0 Å². The standard InChI is InChI=1S/C15H21NO3/c1-4-14(16-15(18)7-8-19-3)13-6-5-12(10-17)9-11(13)2/h5-6,9-10,14H,4,7-8H2,1-3H3,(H,16,18). The number of amides is 1. The van der Waals surface area contributed by atoms with E-state index in [2.05, 4.69) is 5.32 Å². The van der Waals surface area contributed by atoms with Crippen molar-refractivity contribution >= 4 is 12.2 Å². The van der Waals surface area contributed by atoms with Gasteiger partial charge in [-0.25, -0.2) is 0 Å². The van der Waals surface area contributed by atoms with Crippen LogP contribution in [-0.4, -0.2) is 25.9 Å². The van der Waals surface area contributed by atoms with E-state index in [9.17, 15) is 9.59 Å². The molecule has 0 spiro atoms. The van der Waals surface area contributed by atoms with Gasteiger partial charge in [0, 0.05) is 19.1 Å². The molecule has 4 nitrogen and oxygen atoms in total. The molecule has 0 saturated heterocycles. The SMILES string of the molecule is CCC(NC(=O)CCOC)c1ccc(C=O)cc1C. The van der Waals surface area contributed by atoms with E-state index in [0.717, 1.165) is 23.8 Å². The number of ether oxygens (including phenoxy) is 1. The van der Waals surface area contributed by atoms with Crippen molar-refractivity contribution in [2.24, 2.45) is 0 Å². The lowest BCUT2D eigenvalue weighted by Crippen LogP contribution is -2.29. The fourth-order valence-electron chi connectivity index (χ4n) is 2.02. The molecule has 1 unspecified atom stereocenters. The highest BCUT2D eigenvalue weighted by atomic mass is 16.5. The van der Waals surface area contributed by atoms with Crippen molar-refractivity contribution in [2.75, 3.05) is 13.7 Å². The fourth-order valence-corrected chi connectivity index (χ4v) is 2.02. The molecule has 19 heavy (non-hydrogen) atoms. The molecule has 0 aliphatic carbocycles. The quantitative estimate of drug-likeness (QED) is 0.769. The van der Waals surface area contributed by atoms with Gasteiger partial charge in [0.25, 0.3) is 0 Å². The molecule has 0 bridgehead atoms. The summed E-state index contributed by atoms with van der Waals surface area (Å²) in [6.45, 7) is 4.39. The van der Waals surface area contributed by atoms with Gasteiger partial charge >= 0.3 is 0 Å². The lowest BCUT2D eigenvalue weighted by molar-refractivity contribution is -0.122. The molecule has 0 aliphatic rings. The first-order chi connectivity index (χ1) is 9.12. The van der Waals surface area contributed by atoms with Crippen LogP contribution < -0.4 is 5.32 Å². The molecule has 4 heteroatoms. The van der Waals surface area contributed by atoms with Gasteiger partial charge in [-0.15, -0.1) is 0 Å². The van der Waals surface area contributed by atoms with Crippen LogP contribution in [-0.2, 0) is 9.53 Å². The Bertz CT molecular complexity index is 443. The van der Waals surface area contributed by atoms with E-state index in [4.69, 9.17) is 4.74 Å². The summed E-state index contributed by atoms with van der Waals surface area (Å²) in [6.07, 6.45) is 1.99. The summed E-state index contributed by atoms with van der Waals surface area (Å²) < 4.78 is 4.89. The number of hydrogen-bond acceptors (Lipinski definition) is 3. The van der Waals surface area contributed by atoms with E-state index in [1.807, 2.05) is 26.0 Å². The molecule has 1 N–H and O–H groups in total. The van der Waals surface area contributed by atoms with E-state index in [1.54, 1.807) is 13.2 Å². The van der Waals surface area contributed by atoms with Crippen LogP contribution in [0.3, 0.4) is 0 Å². The molecular formula is C15H21NO3. The molecule has 0 aliphatic heterocycles. The Labute approximate surface area is 114 Å². The van der Waals surface area contributed by atoms with Crippen molar-refractivity contribution in [1.29, 1.82) is 0 Å². The second-order valence-corrected chi connectivity index (χ2v) is 4.51. The van der Waals surface area contributed by atoms with E-state index in [0.29, 0.717) is 18.6 Å². The summed E-state index contributed by atoms with van der Waals surface area (Å²) in [4.78, 5) is 22.5. The molecule has 1 aromatic carbocycles. The predicted octanol–water partition coefficient (Wildman–Crippen LogP) is 2.41. The summed E-state index contributed by atoms with van der Waals surface area (Å²) >= 11 is 0. The van der Waals surface area contributed by atoms with E-state index in [-0.39, 0.29) is 11.9 Å². The molecule has 0 radical (unpaired) electrons. The first kappa shape index (κ1) is 15.4. The Morgan fingerprint density at radius 3 is 2.74 bits per heavy atom. The zero-order valence-corrected chi connectivity index (χ0v) is 11.7. The largest absolute Gasteiger partial charge is 0.384 e. The molecule has 104 valence electrons. The monoisotopic (exact) mass is 263 g/mol. The molecule has 0 fully saturated rings. The average Bonchev–Trinajstić information content (AvgIpc) is 2.42. The normalized spacial score (nSPS) is 11.9. The smallest absolute Gasteiger partial charge is 0.222 e. The first-order valence-electron chi connectivity index (χ1n) is 6.46. The van der Waals surface area contributed by atoms with E-state index < -0.39 is 0 Å². The van der Waals surface area contributed by atoms with E-state index in [1.165, 1.54) is 0 Å². The highest BCUT2D eigenvalue weighted by molar-refractivity contribution is 5.77. The Hall–Kier alpha value is -1.68. The molecule has 1 rings (SSSR count). The number of carbonyl (C=O) groups is 2. The van der Waals surface area contributed by atoms with Gasteiger partial charge in [0.2, 0.25) is 5.91 Å². The van der Waals surface area contributed by atoms with Crippen LogP contribution >= 0.6 is 0 Å². The molecule has 1 aromatic rings. The highest BCUT2D eigenvalue weighted by Gasteiger charge is 2.14. The second-order valence-electron chi connectivity index (χ2n) is 4.51. The zero-order valence-electron chi connectivity index (χ0n) is 11.7. The summed E-state index contributed by atoms with van der Waals surface area (Å²) in [7, 11) is 1.58. The number of nitrogens with one attached hydrogen (secondary N) is 1. The summed E-state index contributed by atoms with van der Waals surface area (Å²) in [5.74, 6) is -0.0208. The molecule has 0 heterocycles. The topological polar surface area (TPSA) is 55.4 Å². The predicted molar refractivity (Wildman–Crippen MR) is 74.2 cm³/mol. The maximum atomic E-state index is 11.7. The minimum Gasteiger partial charge on any atom is -0.384 e. The number of hydrogen-bond donors (Lipinski definition) is 1. The number of carbonyl (C=O) groups excluding carboxylic acids is 2. The highest BCUT2D eigenvalue weighted by Crippen LogP contribution is 2.21. The van der Waals surface area contributed by atoms with Crippen molar-refractivity contribution in [1.82, 2.24) is 5.32 Å². The zero-order chi connectivity index (χ0) is 14.3. The number of rotatable bonds is 7. The summed E-state index contributed by atoms with van der Waals surface area (Å²) in [6, 6.07) is 5.50. The molecule has 0 aromatic heterocycles. The third-order valence-electron chi connectivity index (χ3n) is 3.08. The van der Waals surface area contributed by atoms with Gasteiger partial charge in [0.15, 0.2) is 0 Å². The van der Waals surface area contributed by atoms with Crippen LogP contribution in [0.15, 0.2) is 18.2 Å². The maximum Gasteiger partial charge on any atom is 0.222 e. The minimum atomic E-state index is -0.0231. The van der Waals surface area contributed by atoms with Crippen molar-refractivity contribution in [3.05, 3.63) is 34.9 Å². The molecule has 1 atom stereocenters. The lowest BCUT2D eigenvalue weighted by Gasteiger charge is -2.19. The van der Waals surface area contributed by atoms with Gasteiger partial charge in [-0.3, -0.25) is 9.59 Å². The summed E-state index contributed by atoms with van der Waals surface area (Å²) in [5, 5.41) is 2.99. The average molecular weight is 263 g/mol. The Morgan fingerprint density at radius 2 is 2.21 bits per heavy atom. The Morgan fingerprint density at radius 1 is 1.47 bits per heavy atom. The fraction of sp³-hybridized carbons (Fsp3) is 0.467. The van der Waals surface area contributed by atoms with Crippen LogP contribution in [0.5, 0.6) is 0 Å². The van der Waals surface area contributed by atoms with Gasteiger partial charge in [-0.2, -0.15) is 0 Å². The molecule has 0 saturated carbocycles. The summed E-state index contributed by atoms with van der Waals surface area (Å²) in [5.41, 5.74) is 2.73. The molecule has 1 amide bonds. The van der Waals surface area contributed by atoms with Crippen LogP contribution in [0.2, 0.25) is 0 Å². The number of aldehydes is 1. The number of methoxy groups -OCH3 is 1. The van der Waals surface area contributed by atoms with Crippen LogP contribution in [0.25, 0.3) is 0 Å². The van der Waals surface area contributed by atoms with Gasteiger partial charge < -0.3 is 10.1 Å². The Kier molecular flexibility index (Phi) is 6.22. The maximum absolute atomic E-state index is 11.7. The third kappa shape index (κ3) is 4.48. The second kappa shape index (κ2) is 7.69.